The Morgan fingerprint density at radius 3 is 1.74 bits per heavy atom. The molecule has 1 nitrogen and oxygen atoms in total. The van der Waals surface area contributed by atoms with Crippen LogP contribution in [-0.4, -0.2) is 23.1 Å². The molecule has 0 aliphatic heterocycles. The van der Waals surface area contributed by atoms with Gasteiger partial charge in [0.2, 0.25) is 0 Å². The van der Waals surface area contributed by atoms with E-state index in [9.17, 15) is 31.4 Å². The van der Waals surface area contributed by atoms with E-state index in [0.29, 0.717) is 0 Å². The maximum Gasteiger partial charge on any atom is 0.426 e. The van der Waals surface area contributed by atoms with Gasteiger partial charge in [0.25, 0.3) is 5.60 Å². The first-order valence-corrected chi connectivity index (χ1v) is 5.99. The number of hydrogen-bond acceptors (Lipinski definition) is 1. The standard InChI is InChI=1S/C12H14F6O/c1-2-9-5-3-7(4-6-9)8(9)10(19,11(13,14)15)12(16,17)18/h2,7-8,19H,1,3-6H2. The van der Waals surface area contributed by atoms with Crippen LogP contribution in [0.5, 0.6) is 0 Å². The van der Waals surface area contributed by atoms with Gasteiger partial charge in [-0.05, 0) is 37.0 Å². The lowest BCUT2D eigenvalue weighted by Gasteiger charge is -2.43. The summed E-state index contributed by atoms with van der Waals surface area (Å²) in [6.07, 6.45) is -9.32. The Labute approximate surface area is 106 Å². The summed E-state index contributed by atoms with van der Waals surface area (Å²) in [5.74, 6) is -2.64. The lowest BCUT2D eigenvalue weighted by molar-refractivity contribution is -0.391. The van der Waals surface area contributed by atoms with E-state index in [1.807, 2.05) is 0 Å². The van der Waals surface area contributed by atoms with E-state index >= 15 is 0 Å². The first kappa shape index (κ1) is 14.7. The number of rotatable bonds is 2. The minimum absolute atomic E-state index is 0.223. The van der Waals surface area contributed by atoms with Gasteiger partial charge in [0.1, 0.15) is 0 Å². The van der Waals surface area contributed by atoms with Crippen molar-refractivity contribution < 1.29 is 31.4 Å². The first-order valence-electron chi connectivity index (χ1n) is 5.99. The van der Waals surface area contributed by atoms with Gasteiger partial charge in [-0.3, -0.25) is 0 Å². The van der Waals surface area contributed by atoms with Gasteiger partial charge in [0.15, 0.2) is 0 Å². The number of fused-ring (bicyclic) bond motifs is 2. The summed E-state index contributed by atoms with van der Waals surface area (Å²) in [4.78, 5) is 0. The summed E-state index contributed by atoms with van der Waals surface area (Å²) in [6.45, 7) is 3.39. The van der Waals surface area contributed by atoms with E-state index in [4.69, 9.17) is 0 Å². The van der Waals surface area contributed by atoms with Crippen LogP contribution in [0.4, 0.5) is 26.3 Å². The third kappa shape index (κ3) is 1.73. The van der Waals surface area contributed by atoms with Gasteiger partial charge in [-0.25, -0.2) is 0 Å². The molecular formula is C12H14F6O. The Morgan fingerprint density at radius 2 is 1.42 bits per heavy atom. The van der Waals surface area contributed by atoms with Gasteiger partial charge in [-0.2, -0.15) is 26.3 Å². The highest BCUT2D eigenvalue weighted by Crippen LogP contribution is 2.67. The molecule has 0 amide bonds. The molecule has 2 saturated carbocycles. The highest BCUT2D eigenvalue weighted by molar-refractivity contribution is 5.19. The van der Waals surface area contributed by atoms with Crippen LogP contribution in [0.25, 0.3) is 0 Å². The molecule has 1 N–H and O–H groups in total. The third-order valence-corrected chi connectivity index (χ3v) is 4.77. The van der Waals surface area contributed by atoms with E-state index in [-0.39, 0.29) is 25.7 Å². The van der Waals surface area contributed by atoms with Crippen molar-refractivity contribution in [3.8, 4) is 0 Å². The summed E-state index contributed by atoms with van der Waals surface area (Å²) in [5, 5.41) is 9.56. The van der Waals surface area contributed by atoms with Gasteiger partial charge in [-0.1, -0.05) is 6.08 Å². The van der Waals surface area contributed by atoms with Crippen LogP contribution in [-0.2, 0) is 0 Å². The van der Waals surface area contributed by atoms with Crippen LogP contribution in [0.1, 0.15) is 25.7 Å². The Bertz CT molecular complexity index is 361. The summed E-state index contributed by atoms with van der Waals surface area (Å²) in [6, 6.07) is 0. The van der Waals surface area contributed by atoms with Crippen LogP contribution < -0.4 is 0 Å². The molecule has 0 aromatic rings. The molecule has 2 aliphatic carbocycles. The molecule has 0 saturated heterocycles. The van der Waals surface area contributed by atoms with Crippen LogP contribution in [0.2, 0.25) is 0 Å². The Hall–Kier alpha value is -0.720. The summed E-state index contributed by atoms with van der Waals surface area (Å²) in [7, 11) is 0. The lowest BCUT2D eigenvalue weighted by atomic mass is 9.69. The maximum absolute atomic E-state index is 12.9. The molecule has 2 fully saturated rings. The molecule has 1 unspecified atom stereocenters. The third-order valence-electron chi connectivity index (χ3n) is 4.77. The maximum atomic E-state index is 12.9. The van der Waals surface area contributed by atoms with E-state index in [2.05, 4.69) is 6.58 Å². The molecule has 0 aromatic carbocycles. The van der Waals surface area contributed by atoms with Gasteiger partial charge in [-0.15, -0.1) is 6.58 Å². The molecule has 7 heteroatoms. The van der Waals surface area contributed by atoms with Crippen molar-refractivity contribution in [2.24, 2.45) is 17.3 Å². The van der Waals surface area contributed by atoms with E-state index in [0.717, 1.165) is 0 Å². The Balaban J connectivity index is 2.55. The summed E-state index contributed by atoms with van der Waals surface area (Å²) >= 11 is 0. The molecule has 0 radical (unpaired) electrons. The molecule has 0 aromatic heterocycles. The molecule has 2 aliphatic rings. The second-order valence-corrected chi connectivity index (χ2v) is 5.51. The Morgan fingerprint density at radius 1 is 1.00 bits per heavy atom. The SMILES string of the molecule is C=CC12CCC(CC1)C2C(O)(C(F)(F)F)C(F)(F)F. The van der Waals surface area contributed by atoms with Crippen molar-refractivity contribution >= 4 is 0 Å². The van der Waals surface area contributed by atoms with E-state index in [1.165, 1.54) is 6.08 Å². The Kier molecular flexibility index (Phi) is 3.01. The van der Waals surface area contributed by atoms with Crippen molar-refractivity contribution in [1.29, 1.82) is 0 Å². The number of aliphatic hydroxyl groups is 1. The minimum atomic E-state index is -5.74. The normalized spacial score (nSPS) is 35.7. The predicted molar refractivity (Wildman–Crippen MR) is 55.1 cm³/mol. The molecule has 2 rings (SSSR count). The van der Waals surface area contributed by atoms with Crippen LogP contribution in [0.15, 0.2) is 12.7 Å². The molecule has 1 atom stereocenters. The highest BCUT2D eigenvalue weighted by atomic mass is 19.4. The van der Waals surface area contributed by atoms with Crippen LogP contribution >= 0.6 is 0 Å². The van der Waals surface area contributed by atoms with Crippen molar-refractivity contribution in [3.63, 3.8) is 0 Å². The second-order valence-electron chi connectivity index (χ2n) is 5.51. The number of hydrogen-bond donors (Lipinski definition) is 1. The second kappa shape index (κ2) is 3.90. The smallest absolute Gasteiger partial charge is 0.373 e. The number of halogens is 6. The minimum Gasteiger partial charge on any atom is -0.373 e. The van der Waals surface area contributed by atoms with Crippen molar-refractivity contribution in [2.45, 2.75) is 43.6 Å². The molecule has 110 valence electrons. The average Bonchev–Trinajstić information content (AvgIpc) is 2.80. The zero-order valence-electron chi connectivity index (χ0n) is 9.98. The summed E-state index contributed by atoms with van der Waals surface area (Å²) in [5.41, 5.74) is -5.91. The fourth-order valence-corrected chi connectivity index (χ4v) is 3.89. The zero-order valence-corrected chi connectivity index (χ0v) is 9.98. The highest BCUT2D eigenvalue weighted by Gasteiger charge is 2.79. The molecule has 0 spiro atoms. The van der Waals surface area contributed by atoms with Crippen LogP contribution in [0.3, 0.4) is 0 Å². The van der Waals surface area contributed by atoms with Gasteiger partial charge in [0, 0.05) is 5.92 Å². The fraction of sp³-hybridized carbons (Fsp3) is 0.833. The molecule has 19 heavy (non-hydrogen) atoms. The average molecular weight is 288 g/mol. The van der Waals surface area contributed by atoms with Gasteiger partial charge >= 0.3 is 12.4 Å². The van der Waals surface area contributed by atoms with E-state index in [1.54, 1.807) is 0 Å². The molecular weight excluding hydrogens is 274 g/mol. The summed E-state index contributed by atoms with van der Waals surface area (Å²) < 4.78 is 77.6. The lowest BCUT2D eigenvalue weighted by Crippen LogP contribution is -2.64. The van der Waals surface area contributed by atoms with Crippen LogP contribution in [0, 0.1) is 17.3 Å². The topological polar surface area (TPSA) is 20.2 Å². The zero-order chi connectivity index (χ0) is 14.7. The van der Waals surface area contributed by atoms with Crippen molar-refractivity contribution in [1.82, 2.24) is 0 Å². The molecule has 2 bridgehead atoms. The molecule has 0 heterocycles. The largest absolute Gasteiger partial charge is 0.426 e. The van der Waals surface area contributed by atoms with Crippen molar-refractivity contribution in [2.75, 3.05) is 0 Å². The first-order chi connectivity index (χ1) is 8.49. The van der Waals surface area contributed by atoms with Gasteiger partial charge < -0.3 is 5.11 Å². The van der Waals surface area contributed by atoms with Crippen molar-refractivity contribution in [3.05, 3.63) is 12.7 Å². The fourth-order valence-electron chi connectivity index (χ4n) is 3.89. The number of allylic oxidation sites excluding steroid dienone is 1. The quantitative estimate of drug-likeness (QED) is 0.604. The van der Waals surface area contributed by atoms with E-state index < -0.39 is 35.2 Å². The van der Waals surface area contributed by atoms with Gasteiger partial charge in [0.05, 0.1) is 0 Å². The monoisotopic (exact) mass is 288 g/mol. The predicted octanol–water partition coefficient (Wildman–Crippen LogP) is 3.83. The number of alkyl halides is 6.